The Bertz CT molecular complexity index is 630. The van der Waals surface area contributed by atoms with Crippen LogP contribution in [0.5, 0.6) is 0 Å². The zero-order valence-electron chi connectivity index (χ0n) is 11.3. The van der Waals surface area contributed by atoms with Crippen molar-refractivity contribution in [1.29, 1.82) is 10.5 Å². The van der Waals surface area contributed by atoms with Gasteiger partial charge in [-0.05, 0) is 23.3 Å². The molecule has 5 heteroatoms. The zero-order chi connectivity index (χ0) is 14.9. The predicted molar refractivity (Wildman–Crippen MR) is 77.6 cm³/mol. The summed E-state index contributed by atoms with van der Waals surface area (Å²) in [6, 6.07) is 18.7. The van der Waals surface area contributed by atoms with Crippen molar-refractivity contribution in [1.82, 2.24) is 0 Å². The van der Waals surface area contributed by atoms with Crippen molar-refractivity contribution in [2.45, 2.75) is 13.2 Å². The standard InChI is InChI=1S/C16H12BN2O2/c18-9-13-5-1-3-7-15(13)11-20-17-21-12-16-8-4-2-6-14(16)10-19/h1-8H,11-12H2. The molecule has 0 spiro atoms. The molecule has 0 atom stereocenters. The molecule has 0 N–H and O–H groups in total. The van der Waals surface area contributed by atoms with E-state index in [0.29, 0.717) is 11.1 Å². The Kier molecular flexibility index (Phi) is 5.54. The molecule has 0 fully saturated rings. The summed E-state index contributed by atoms with van der Waals surface area (Å²) in [6.45, 7) is 0.535. The first-order valence-corrected chi connectivity index (χ1v) is 6.36. The molecule has 0 bridgehead atoms. The van der Waals surface area contributed by atoms with Gasteiger partial charge in [-0.3, -0.25) is 0 Å². The Balaban J connectivity index is 1.78. The summed E-state index contributed by atoms with van der Waals surface area (Å²) < 4.78 is 10.6. The second-order valence-corrected chi connectivity index (χ2v) is 4.26. The highest BCUT2D eigenvalue weighted by molar-refractivity contribution is 6.17. The van der Waals surface area contributed by atoms with Crippen molar-refractivity contribution in [3.05, 3.63) is 70.8 Å². The number of nitrogens with zero attached hydrogens (tertiary/aromatic N) is 2. The summed E-state index contributed by atoms with van der Waals surface area (Å²) in [4.78, 5) is 0. The summed E-state index contributed by atoms with van der Waals surface area (Å²) in [6.07, 6.45) is 0. The minimum absolute atomic E-state index is 0.267. The maximum absolute atomic E-state index is 8.95. The lowest BCUT2D eigenvalue weighted by Crippen LogP contribution is -2.06. The van der Waals surface area contributed by atoms with Crippen molar-refractivity contribution in [2.24, 2.45) is 0 Å². The van der Waals surface area contributed by atoms with E-state index in [-0.39, 0.29) is 13.2 Å². The van der Waals surface area contributed by atoms with E-state index < -0.39 is 0 Å². The minimum atomic E-state index is 0.267. The van der Waals surface area contributed by atoms with Gasteiger partial charge in [0, 0.05) is 0 Å². The normalized spacial score (nSPS) is 9.62. The molecule has 2 aromatic rings. The molecular weight excluding hydrogens is 263 g/mol. The van der Waals surface area contributed by atoms with Gasteiger partial charge in [0.15, 0.2) is 0 Å². The molecule has 2 aromatic carbocycles. The monoisotopic (exact) mass is 275 g/mol. The molecule has 0 aliphatic heterocycles. The van der Waals surface area contributed by atoms with Crippen molar-refractivity contribution in [2.75, 3.05) is 0 Å². The molecule has 0 aliphatic rings. The fourth-order valence-corrected chi connectivity index (χ4v) is 1.81. The van der Waals surface area contributed by atoms with E-state index in [1.807, 2.05) is 24.3 Å². The van der Waals surface area contributed by atoms with Crippen molar-refractivity contribution >= 4 is 7.69 Å². The number of rotatable bonds is 6. The smallest absolute Gasteiger partial charge is 0.409 e. The van der Waals surface area contributed by atoms with E-state index in [2.05, 4.69) is 12.1 Å². The first-order chi connectivity index (χ1) is 10.3. The zero-order valence-corrected chi connectivity index (χ0v) is 11.3. The summed E-state index contributed by atoms with van der Waals surface area (Å²) in [5.74, 6) is 0. The third kappa shape index (κ3) is 4.19. The van der Waals surface area contributed by atoms with Gasteiger partial charge >= 0.3 is 7.69 Å². The molecule has 0 aromatic heterocycles. The van der Waals surface area contributed by atoms with E-state index in [1.54, 1.807) is 24.3 Å². The molecule has 2 rings (SSSR count). The van der Waals surface area contributed by atoms with E-state index in [4.69, 9.17) is 19.8 Å². The van der Waals surface area contributed by atoms with Gasteiger partial charge in [-0.15, -0.1) is 0 Å². The molecule has 0 unspecified atom stereocenters. The largest absolute Gasteiger partial charge is 0.488 e. The van der Waals surface area contributed by atoms with Gasteiger partial charge in [-0.25, -0.2) is 0 Å². The third-order valence-electron chi connectivity index (χ3n) is 2.89. The molecule has 21 heavy (non-hydrogen) atoms. The fraction of sp³-hybridized carbons (Fsp3) is 0.125. The minimum Gasteiger partial charge on any atom is -0.409 e. The van der Waals surface area contributed by atoms with Crippen LogP contribution in [-0.2, 0) is 22.5 Å². The molecule has 0 amide bonds. The van der Waals surface area contributed by atoms with Gasteiger partial charge < -0.3 is 9.31 Å². The molecule has 0 saturated heterocycles. The number of nitriles is 2. The SMILES string of the molecule is N#Cc1ccccc1CO[B]OCc1ccccc1C#N. The van der Waals surface area contributed by atoms with Crippen LogP contribution in [0.3, 0.4) is 0 Å². The quantitative estimate of drug-likeness (QED) is 0.600. The van der Waals surface area contributed by atoms with E-state index in [0.717, 1.165) is 11.1 Å². The molecular formula is C16H12BN2O2. The van der Waals surface area contributed by atoms with Crippen LogP contribution in [-0.4, -0.2) is 7.69 Å². The predicted octanol–water partition coefficient (Wildman–Crippen LogP) is 2.70. The van der Waals surface area contributed by atoms with Crippen LogP contribution in [0.2, 0.25) is 0 Å². The lowest BCUT2D eigenvalue weighted by atomic mass is 10.1. The maximum atomic E-state index is 8.95. The average Bonchev–Trinajstić information content (AvgIpc) is 2.55. The number of hydrogen-bond acceptors (Lipinski definition) is 4. The first kappa shape index (κ1) is 14.8. The van der Waals surface area contributed by atoms with Crippen LogP contribution >= 0.6 is 0 Å². The fourth-order valence-electron chi connectivity index (χ4n) is 1.81. The van der Waals surface area contributed by atoms with Crippen molar-refractivity contribution in [3.8, 4) is 12.1 Å². The van der Waals surface area contributed by atoms with Gasteiger partial charge in [0.05, 0.1) is 36.5 Å². The van der Waals surface area contributed by atoms with Gasteiger partial charge in [0.1, 0.15) is 0 Å². The van der Waals surface area contributed by atoms with Gasteiger partial charge in [-0.2, -0.15) is 10.5 Å². The lowest BCUT2D eigenvalue weighted by molar-refractivity contribution is 0.207. The van der Waals surface area contributed by atoms with E-state index >= 15 is 0 Å². The second kappa shape index (κ2) is 7.86. The molecule has 0 heterocycles. The number of hydrogen-bond donors (Lipinski definition) is 0. The molecule has 1 radical (unpaired) electrons. The maximum Gasteiger partial charge on any atom is 0.488 e. The van der Waals surface area contributed by atoms with Gasteiger partial charge in [0.25, 0.3) is 0 Å². The van der Waals surface area contributed by atoms with Crippen LogP contribution in [0.4, 0.5) is 0 Å². The summed E-state index contributed by atoms with van der Waals surface area (Å²) >= 11 is 0. The Hall–Kier alpha value is -2.60. The average molecular weight is 275 g/mol. The van der Waals surface area contributed by atoms with E-state index in [1.165, 1.54) is 7.69 Å². The van der Waals surface area contributed by atoms with Crippen LogP contribution < -0.4 is 0 Å². The highest BCUT2D eigenvalue weighted by Gasteiger charge is 2.04. The third-order valence-corrected chi connectivity index (χ3v) is 2.89. The highest BCUT2D eigenvalue weighted by atomic mass is 16.6. The van der Waals surface area contributed by atoms with Gasteiger partial charge in [-0.1, -0.05) is 36.4 Å². The summed E-state index contributed by atoms with van der Waals surface area (Å²) in [5, 5.41) is 17.9. The number of benzene rings is 2. The van der Waals surface area contributed by atoms with Crippen molar-refractivity contribution < 1.29 is 9.31 Å². The Labute approximate surface area is 124 Å². The summed E-state index contributed by atoms with van der Waals surface area (Å²) in [7, 11) is 1.24. The Morgan fingerprint density at radius 3 is 1.62 bits per heavy atom. The van der Waals surface area contributed by atoms with Gasteiger partial charge in [0.2, 0.25) is 0 Å². The Morgan fingerprint density at radius 2 is 1.19 bits per heavy atom. The Morgan fingerprint density at radius 1 is 0.762 bits per heavy atom. The van der Waals surface area contributed by atoms with Crippen LogP contribution in [0.25, 0.3) is 0 Å². The molecule has 0 saturated carbocycles. The lowest BCUT2D eigenvalue weighted by Gasteiger charge is -2.06. The van der Waals surface area contributed by atoms with Crippen LogP contribution in [0, 0.1) is 22.7 Å². The second-order valence-electron chi connectivity index (χ2n) is 4.26. The van der Waals surface area contributed by atoms with Crippen molar-refractivity contribution in [3.63, 3.8) is 0 Å². The summed E-state index contributed by atoms with van der Waals surface area (Å²) in [5.41, 5.74) is 2.77. The van der Waals surface area contributed by atoms with Crippen LogP contribution in [0.15, 0.2) is 48.5 Å². The topological polar surface area (TPSA) is 66.0 Å². The van der Waals surface area contributed by atoms with E-state index in [9.17, 15) is 0 Å². The molecule has 0 aliphatic carbocycles. The molecule has 4 nitrogen and oxygen atoms in total. The molecule has 101 valence electrons. The highest BCUT2D eigenvalue weighted by Crippen LogP contribution is 2.10. The van der Waals surface area contributed by atoms with Crippen LogP contribution in [0.1, 0.15) is 22.3 Å². The first-order valence-electron chi connectivity index (χ1n) is 6.36.